The summed E-state index contributed by atoms with van der Waals surface area (Å²) in [5.74, 6) is 0.343. The monoisotopic (exact) mass is 339 g/mol. The molecule has 0 atom stereocenters. The predicted molar refractivity (Wildman–Crippen MR) is 84.6 cm³/mol. The molecule has 0 unspecified atom stereocenters. The van der Waals surface area contributed by atoms with Crippen molar-refractivity contribution in [2.24, 2.45) is 11.8 Å². The van der Waals surface area contributed by atoms with Gasteiger partial charge in [-0.15, -0.1) is 0 Å². The van der Waals surface area contributed by atoms with Gasteiger partial charge in [0, 0.05) is 38.0 Å². The number of likely N-dealkylation sites (tertiary alicyclic amines) is 1. The van der Waals surface area contributed by atoms with Crippen LogP contribution in [0.2, 0.25) is 0 Å². The molecule has 0 aromatic carbocycles. The third kappa shape index (κ3) is 3.85. The highest BCUT2D eigenvalue weighted by molar-refractivity contribution is 8.14. The molecule has 0 aromatic rings. The number of nitrogens with one attached hydrogen (secondary N) is 1. The summed E-state index contributed by atoms with van der Waals surface area (Å²) >= 11 is 0.998. The van der Waals surface area contributed by atoms with Crippen molar-refractivity contribution in [2.75, 3.05) is 31.9 Å². The molecule has 3 rings (SSSR count). The van der Waals surface area contributed by atoms with Crippen molar-refractivity contribution in [2.45, 2.75) is 25.7 Å². The van der Waals surface area contributed by atoms with Crippen molar-refractivity contribution >= 4 is 34.7 Å². The summed E-state index contributed by atoms with van der Waals surface area (Å²) in [4.78, 5) is 50.1. The maximum atomic E-state index is 12.1. The molecular formula is C15H21N3O4S. The number of rotatable bonds is 5. The van der Waals surface area contributed by atoms with E-state index >= 15 is 0 Å². The van der Waals surface area contributed by atoms with Crippen LogP contribution in [0.25, 0.3) is 0 Å². The Hall–Kier alpha value is -1.57. The van der Waals surface area contributed by atoms with E-state index in [-0.39, 0.29) is 53.6 Å². The van der Waals surface area contributed by atoms with Crippen LogP contribution in [0, 0.1) is 11.8 Å². The highest BCUT2D eigenvalue weighted by Gasteiger charge is 2.36. The average molecular weight is 339 g/mol. The van der Waals surface area contributed by atoms with Gasteiger partial charge in [0.25, 0.3) is 5.24 Å². The van der Waals surface area contributed by atoms with Gasteiger partial charge in [0.15, 0.2) is 0 Å². The summed E-state index contributed by atoms with van der Waals surface area (Å²) in [6, 6.07) is 0. The van der Waals surface area contributed by atoms with Crippen molar-refractivity contribution < 1.29 is 19.2 Å². The molecule has 3 aliphatic rings. The molecule has 1 aliphatic carbocycles. The van der Waals surface area contributed by atoms with Crippen LogP contribution in [0.5, 0.6) is 0 Å². The van der Waals surface area contributed by atoms with Crippen molar-refractivity contribution in [3.63, 3.8) is 0 Å². The molecule has 0 spiro atoms. The Morgan fingerprint density at radius 2 is 1.78 bits per heavy atom. The van der Waals surface area contributed by atoms with Crippen molar-refractivity contribution in [1.29, 1.82) is 0 Å². The molecule has 0 bridgehead atoms. The van der Waals surface area contributed by atoms with Crippen molar-refractivity contribution in [3.05, 3.63) is 0 Å². The van der Waals surface area contributed by atoms with E-state index in [1.54, 1.807) is 0 Å². The lowest BCUT2D eigenvalue weighted by Crippen LogP contribution is -2.45. The van der Waals surface area contributed by atoms with Gasteiger partial charge in [-0.1, -0.05) is 11.8 Å². The normalized spacial score (nSPS) is 22.6. The smallest absolute Gasteiger partial charge is 0.288 e. The second-order valence-electron chi connectivity index (χ2n) is 6.26. The number of carbonyl (C=O) groups is 4. The van der Waals surface area contributed by atoms with E-state index in [2.05, 4.69) is 5.32 Å². The Kier molecular flexibility index (Phi) is 4.89. The lowest BCUT2D eigenvalue weighted by Gasteiger charge is -2.31. The third-order valence-corrected chi connectivity index (χ3v) is 5.44. The summed E-state index contributed by atoms with van der Waals surface area (Å²) in [7, 11) is 0. The van der Waals surface area contributed by atoms with Crippen LogP contribution in [-0.4, -0.2) is 64.7 Å². The highest BCUT2D eigenvalue weighted by atomic mass is 32.2. The average Bonchev–Trinajstić information content (AvgIpc) is 3.36. The first-order valence-electron chi connectivity index (χ1n) is 8.10. The number of thioether (sulfide) groups is 1. The molecule has 1 saturated carbocycles. The number of carbonyl (C=O) groups excluding carboxylic acids is 4. The molecule has 1 N–H and O–H groups in total. The fourth-order valence-corrected chi connectivity index (χ4v) is 3.73. The van der Waals surface area contributed by atoms with Gasteiger partial charge < -0.3 is 10.2 Å². The van der Waals surface area contributed by atoms with E-state index in [4.69, 9.17) is 0 Å². The molecule has 7 nitrogen and oxygen atoms in total. The second kappa shape index (κ2) is 6.90. The lowest BCUT2D eigenvalue weighted by molar-refractivity contribution is -0.136. The lowest BCUT2D eigenvalue weighted by atomic mass is 9.95. The summed E-state index contributed by atoms with van der Waals surface area (Å²) < 4.78 is 0. The molecule has 8 heteroatoms. The predicted octanol–water partition coefficient (Wildman–Crippen LogP) is 0.447. The Balaban J connectivity index is 1.37. The van der Waals surface area contributed by atoms with Crippen LogP contribution in [0.4, 0.5) is 4.79 Å². The Labute approximate surface area is 139 Å². The minimum absolute atomic E-state index is 0.0460. The Morgan fingerprint density at radius 1 is 1.09 bits per heavy atom. The molecule has 3 fully saturated rings. The molecule has 2 saturated heterocycles. The van der Waals surface area contributed by atoms with E-state index < -0.39 is 0 Å². The SMILES string of the molecule is O=C(NCCN1C(=O)CSC1=O)C1CCN(C(=O)C2CC2)CC1. The molecule has 126 valence electrons. The molecular weight excluding hydrogens is 318 g/mol. The van der Waals surface area contributed by atoms with Gasteiger partial charge in [-0.2, -0.15) is 0 Å². The fraction of sp³-hybridized carbons (Fsp3) is 0.733. The zero-order chi connectivity index (χ0) is 16.4. The van der Waals surface area contributed by atoms with E-state index in [1.807, 2.05) is 4.90 Å². The standard InChI is InChI=1S/C15H21N3O4S/c19-12-9-23-15(22)18(12)8-5-16-13(20)10-3-6-17(7-4-10)14(21)11-1-2-11/h10-11H,1-9H2,(H,16,20). The summed E-state index contributed by atoms with van der Waals surface area (Å²) in [5.41, 5.74) is 0. The van der Waals surface area contributed by atoms with Gasteiger partial charge >= 0.3 is 0 Å². The van der Waals surface area contributed by atoms with E-state index in [0.717, 1.165) is 24.6 Å². The Bertz CT molecular complexity index is 511. The molecule has 23 heavy (non-hydrogen) atoms. The van der Waals surface area contributed by atoms with Gasteiger partial charge in [0.2, 0.25) is 17.7 Å². The van der Waals surface area contributed by atoms with Gasteiger partial charge in [0.1, 0.15) is 0 Å². The number of piperidine rings is 1. The fourth-order valence-electron chi connectivity index (χ4n) is 2.98. The number of hydrogen-bond donors (Lipinski definition) is 1. The first-order valence-corrected chi connectivity index (χ1v) is 9.08. The van der Waals surface area contributed by atoms with E-state index in [0.29, 0.717) is 25.9 Å². The molecule has 2 aliphatic heterocycles. The second-order valence-corrected chi connectivity index (χ2v) is 7.19. The van der Waals surface area contributed by atoms with Crippen LogP contribution in [0.1, 0.15) is 25.7 Å². The molecule has 0 aromatic heterocycles. The van der Waals surface area contributed by atoms with Crippen molar-refractivity contribution in [3.8, 4) is 0 Å². The number of imide groups is 1. The number of hydrogen-bond acceptors (Lipinski definition) is 5. The number of nitrogens with zero attached hydrogens (tertiary/aromatic N) is 2. The maximum absolute atomic E-state index is 12.1. The Morgan fingerprint density at radius 3 is 2.35 bits per heavy atom. The van der Waals surface area contributed by atoms with Crippen LogP contribution in [-0.2, 0) is 14.4 Å². The third-order valence-electron chi connectivity index (χ3n) is 4.58. The molecule has 4 amide bonds. The maximum Gasteiger partial charge on any atom is 0.288 e. The first kappa shape index (κ1) is 16.3. The van der Waals surface area contributed by atoms with Gasteiger partial charge in [-0.25, -0.2) is 0 Å². The molecule has 2 heterocycles. The van der Waals surface area contributed by atoms with Crippen LogP contribution < -0.4 is 5.32 Å². The van der Waals surface area contributed by atoms with E-state index in [1.165, 1.54) is 4.90 Å². The first-order chi connectivity index (χ1) is 11.1. The van der Waals surface area contributed by atoms with Crippen molar-refractivity contribution in [1.82, 2.24) is 15.1 Å². The van der Waals surface area contributed by atoms with E-state index in [9.17, 15) is 19.2 Å². The quantitative estimate of drug-likeness (QED) is 0.786. The highest BCUT2D eigenvalue weighted by Crippen LogP contribution is 2.32. The zero-order valence-corrected chi connectivity index (χ0v) is 13.8. The summed E-state index contributed by atoms with van der Waals surface area (Å²) in [5, 5.41) is 2.56. The number of amides is 4. The van der Waals surface area contributed by atoms with Crippen LogP contribution in [0.15, 0.2) is 0 Å². The van der Waals surface area contributed by atoms with Gasteiger partial charge in [-0.3, -0.25) is 24.1 Å². The minimum Gasteiger partial charge on any atom is -0.354 e. The van der Waals surface area contributed by atoms with Crippen LogP contribution >= 0.6 is 11.8 Å². The molecule has 0 radical (unpaired) electrons. The summed E-state index contributed by atoms with van der Waals surface area (Å²) in [6.45, 7) is 1.81. The van der Waals surface area contributed by atoms with Crippen LogP contribution in [0.3, 0.4) is 0 Å². The topological polar surface area (TPSA) is 86.8 Å². The van der Waals surface area contributed by atoms with Gasteiger partial charge in [0.05, 0.1) is 5.75 Å². The van der Waals surface area contributed by atoms with Gasteiger partial charge in [-0.05, 0) is 25.7 Å². The zero-order valence-electron chi connectivity index (χ0n) is 13.0. The minimum atomic E-state index is -0.240. The summed E-state index contributed by atoms with van der Waals surface area (Å²) in [6.07, 6.45) is 3.38. The largest absolute Gasteiger partial charge is 0.354 e.